The van der Waals surface area contributed by atoms with Crippen molar-refractivity contribution < 1.29 is 19.1 Å². The number of nitrogens with one attached hydrogen (secondary N) is 1. The summed E-state index contributed by atoms with van der Waals surface area (Å²) in [6, 6.07) is 12.4. The van der Waals surface area contributed by atoms with Gasteiger partial charge in [0.25, 0.3) is 5.91 Å². The molecule has 0 radical (unpaired) electrons. The third-order valence-electron chi connectivity index (χ3n) is 4.35. The summed E-state index contributed by atoms with van der Waals surface area (Å²) < 4.78 is 11.0. The second-order valence-electron chi connectivity index (χ2n) is 6.51. The minimum absolute atomic E-state index is 0.255. The van der Waals surface area contributed by atoms with E-state index in [0.717, 1.165) is 24.0 Å². The van der Waals surface area contributed by atoms with Crippen molar-refractivity contribution in [3.8, 4) is 5.75 Å². The van der Waals surface area contributed by atoms with Crippen LogP contribution in [0.25, 0.3) is 0 Å². The summed E-state index contributed by atoms with van der Waals surface area (Å²) in [6.45, 7) is 8.13. The molecule has 0 spiro atoms. The molecule has 0 aliphatic carbocycles. The zero-order valence-electron chi connectivity index (χ0n) is 16.4. The number of unbranched alkanes of at least 4 members (excludes halogenated alkanes) is 1. The molecule has 0 aliphatic rings. The number of benzene rings is 2. The van der Waals surface area contributed by atoms with Crippen molar-refractivity contribution in [1.29, 1.82) is 0 Å². The molecule has 27 heavy (non-hydrogen) atoms. The second kappa shape index (κ2) is 9.76. The van der Waals surface area contributed by atoms with Crippen molar-refractivity contribution in [3.63, 3.8) is 0 Å². The van der Waals surface area contributed by atoms with E-state index in [9.17, 15) is 9.59 Å². The van der Waals surface area contributed by atoms with E-state index in [1.54, 1.807) is 31.2 Å². The van der Waals surface area contributed by atoms with Crippen molar-refractivity contribution in [2.45, 2.75) is 46.6 Å². The van der Waals surface area contributed by atoms with Crippen LogP contribution in [0.1, 0.15) is 48.2 Å². The first-order chi connectivity index (χ1) is 12.9. The fourth-order valence-corrected chi connectivity index (χ4v) is 2.42. The molecule has 0 fully saturated rings. The van der Waals surface area contributed by atoms with Gasteiger partial charge in [-0.05, 0) is 68.7 Å². The highest BCUT2D eigenvalue weighted by Crippen LogP contribution is 2.22. The molecule has 1 unspecified atom stereocenters. The number of rotatable bonds is 8. The lowest BCUT2D eigenvalue weighted by Crippen LogP contribution is -2.30. The van der Waals surface area contributed by atoms with Crippen LogP contribution < -0.4 is 10.1 Å². The fourth-order valence-electron chi connectivity index (χ4n) is 2.42. The van der Waals surface area contributed by atoms with E-state index in [-0.39, 0.29) is 11.9 Å². The van der Waals surface area contributed by atoms with E-state index in [0.29, 0.717) is 23.6 Å². The first-order valence-electron chi connectivity index (χ1n) is 9.23. The number of esters is 1. The van der Waals surface area contributed by atoms with Gasteiger partial charge in [-0.25, -0.2) is 4.79 Å². The van der Waals surface area contributed by atoms with E-state index >= 15 is 0 Å². The maximum Gasteiger partial charge on any atom is 0.338 e. The normalized spacial score (nSPS) is 11.6. The molecule has 5 nitrogen and oxygen atoms in total. The molecule has 0 bridgehead atoms. The predicted octanol–water partition coefficient (Wildman–Crippen LogP) is 4.67. The Balaban J connectivity index is 1.93. The smallest absolute Gasteiger partial charge is 0.338 e. The van der Waals surface area contributed by atoms with Crippen LogP contribution in [0.15, 0.2) is 42.5 Å². The number of ether oxygens (including phenoxy) is 2. The topological polar surface area (TPSA) is 64.6 Å². The zero-order valence-corrected chi connectivity index (χ0v) is 16.4. The van der Waals surface area contributed by atoms with Crippen LogP contribution >= 0.6 is 0 Å². The van der Waals surface area contributed by atoms with E-state index in [1.807, 2.05) is 39.0 Å². The third kappa shape index (κ3) is 5.84. The molecule has 0 heterocycles. The van der Waals surface area contributed by atoms with Crippen molar-refractivity contribution in [3.05, 3.63) is 59.2 Å². The summed E-state index contributed by atoms with van der Waals surface area (Å²) in [7, 11) is 0. The Morgan fingerprint density at radius 2 is 1.78 bits per heavy atom. The first kappa shape index (κ1) is 20.5. The average Bonchev–Trinajstić information content (AvgIpc) is 2.66. The highest BCUT2D eigenvalue weighted by atomic mass is 16.5. The van der Waals surface area contributed by atoms with Gasteiger partial charge in [0.2, 0.25) is 0 Å². The van der Waals surface area contributed by atoms with Gasteiger partial charge < -0.3 is 14.8 Å². The summed E-state index contributed by atoms with van der Waals surface area (Å²) in [5.74, 6) is 0.0879. The number of aryl methyl sites for hydroxylation is 1. The minimum Gasteiger partial charge on any atom is -0.481 e. The van der Waals surface area contributed by atoms with Crippen LogP contribution in [-0.4, -0.2) is 24.6 Å². The van der Waals surface area contributed by atoms with Gasteiger partial charge in [0.1, 0.15) is 5.75 Å². The molecule has 0 saturated heterocycles. The van der Waals surface area contributed by atoms with Gasteiger partial charge in [-0.1, -0.05) is 25.5 Å². The van der Waals surface area contributed by atoms with Crippen molar-refractivity contribution in [2.75, 3.05) is 11.9 Å². The average molecular weight is 369 g/mol. The van der Waals surface area contributed by atoms with Crippen LogP contribution in [-0.2, 0) is 9.53 Å². The van der Waals surface area contributed by atoms with Gasteiger partial charge >= 0.3 is 5.97 Å². The van der Waals surface area contributed by atoms with E-state index in [2.05, 4.69) is 5.32 Å². The molecule has 5 heteroatoms. The molecule has 1 amide bonds. The second-order valence-corrected chi connectivity index (χ2v) is 6.51. The van der Waals surface area contributed by atoms with Crippen LogP contribution in [0.3, 0.4) is 0 Å². The maximum absolute atomic E-state index is 12.4. The van der Waals surface area contributed by atoms with Gasteiger partial charge in [0.05, 0.1) is 12.2 Å². The number of carbonyl (C=O) groups is 2. The highest BCUT2D eigenvalue weighted by Gasteiger charge is 2.16. The van der Waals surface area contributed by atoms with Gasteiger partial charge in [0, 0.05) is 5.69 Å². The molecule has 0 saturated carbocycles. The largest absolute Gasteiger partial charge is 0.481 e. The van der Waals surface area contributed by atoms with Crippen LogP contribution in [0.4, 0.5) is 5.69 Å². The molecule has 0 aliphatic heterocycles. The standard InChI is InChI=1S/C22H27NO4/c1-5-6-14-26-22(25)18-10-12-19(13-11-18)23-21(24)17(4)27-20-9-7-8-15(2)16(20)3/h7-13,17H,5-6,14H2,1-4H3,(H,23,24). The molecule has 2 aromatic rings. The molecule has 2 rings (SSSR count). The fraction of sp³-hybridized carbons (Fsp3) is 0.364. The van der Waals surface area contributed by atoms with E-state index < -0.39 is 6.10 Å². The Morgan fingerprint density at radius 1 is 1.07 bits per heavy atom. The number of amides is 1. The van der Waals surface area contributed by atoms with Gasteiger partial charge in [0.15, 0.2) is 6.10 Å². The van der Waals surface area contributed by atoms with Crippen molar-refractivity contribution >= 4 is 17.6 Å². The SMILES string of the molecule is CCCCOC(=O)c1ccc(NC(=O)C(C)Oc2cccc(C)c2C)cc1. The molecular formula is C22H27NO4. The van der Waals surface area contributed by atoms with Gasteiger partial charge in [-0.2, -0.15) is 0 Å². The van der Waals surface area contributed by atoms with Crippen LogP contribution in [0, 0.1) is 13.8 Å². The Bertz CT molecular complexity index is 783. The first-order valence-corrected chi connectivity index (χ1v) is 9.23. The zero-order chi connectivity index (χ0) is 19.8. The Kier molecular flexibility index (Phi) is 7.41. The molecule has 0 aromatic heterocycles. The predicted molar refractivity (Wildman–Crippen MR) is 106 cm³/mol. The Hall–Kier alpha value is -2.82. The van der Waals surface area contributed by atoms with Crippen LogP contribution in [0.5, 0.6) is 5.75 Å². The molecule has 2 aromatic carbocycles. The molecule has 1 N–H and O–H groups in total. The lowest BCUT2D eigenvalue weighted by atomic mass is 10.1. The lowest BCUT2D eigenvalue weighted by molar-refractivity contribution is -0.122. The van der Waals surface area contributed by atoms with Gasteiger partial charge in [-0.15, -0.1) is 0 Å². The number of anilines is 1. The maximum atomic E-state index is 12.4. The minimum atomic E-state index is -0.649. The van der Waals surface area contributed by atoms with E-state index in [1.165, 1.54) is 0 Å². The summed E-state index contributed by atoms with van der Waals surface area (Å²) >= 11 is 0. The number of carbonyl (C=O) groups excluding carboxylic acids is 2. The quantitative estimate of drug-likeness (QED) is 0.543. The summed E-state index contributed by atoms with van der Waals surface area (Å²) in [5.41, 5.74) is 3.19. The number of hydrogen-bond acceptors (Lipinski definition) is 4. The monoisotopic (exact) mass is 369 g/mol. The van der Waals surface area contributed by atoms with Gasteiger partial charge in [-0.3, -0.25) is 4.79 Å². The highest BCUT2D eigenvalue weighted by molar-refractivity contribution is 5.95. The number of hydrogen-bond donors (Lipinski definition) is 1. The van der Waals surface area contributed by atoms with E-state index in [4.69, 9.17) is 9.47 Å². The lowest BCUT2D eigenvalue weighted by Gasteiger charge is -2.17. The van der Waals surface area contributed by atoms with Crippen molar-refractivity contribution in [2.24, 2.45) is 0 Å². The Labute approximate surface area is 160 Å². The Morgan fingerprint density at radius 3 is 2.44 bits per heavy atom. The molecule has 1 atom stereocenters. The third-order valence-corrected chi connectivity index (χ3v) is 4.35. The molecule has 144 valence electrons. The summed E-state index contributed by atoms with van der Waals surface area (Å²) in [5, 5.41) is 2.80. The summed E-state index contributed by atoms with van der Waals surface area (Å²) in [6.07, 6.45) is 1.17. The molecular weight excluding hydrogens is 342 g/mol. The summed E-state index contributed by atoms with van der Waals surface area (Å²) in [4.78, 5) is 24.3. The van der Waals surface area contributed by atoms with Crippen LogP contribution in [0.2, 0.25) is 0 Å². The van der Waals surface area contributed by atoms with Crippen molar-refractivity contribution in [1.82, 2.24) is 0 Å².